The Kier molecular flexibility index (Phi) is 4.72. The van der Waals surface area contributed by atoms with Gasteiger partial charge < -0.3 is 9.73 Å². The van der Waals surface area contributed by atoms with E-state index in [1.807, 2.05) is 54.6 Å². The number of benzene rings is 4. The number of anilines is 1. The molecule has 0 fully saturated rings. The van der Waals surface area contributed by atoms with Crippen LogP contribution in [0.3, 0.4) is 0 Å². The zero-order chi connectivity index (χ0) is 21.5. The molecule has 0 aliphatic rings. The summed E-state index contributed by atoms with van der Waals surface area (Å²) in [5, 5.41) is 5.25. The highest BCUT2D eigenvalue weighted by Gasteiger charge is 2.14. The van der Waals surface area contributed by atoms with Crippen LogP contribution in [0.5, 0.6) is 0 Å². The number of hydrogen-bond donors (Lipinski definition) is 1. The van der Waals surface area contributed by atoms with Crippen molar-refractivity contribution in [2.24, 2.45) is 0 Å². The highest BCUT2D eigenvalue weighted by molar-refractivity contribution is 6.36. The molecule has 0 atom stereocenters. The second-order valence-corrected chi connectivity index (χ2v) is 8.00. The molecule has 31 heavy (non-hydrogen) atoms. The van der Waals surface area contributed by atoms with E-state index in [9.17, 15) is 4.79 Å². The first-order valence-corrected chi connectivity index (χ1v) is 10.3. The van der Waals surface area contributed by atoms with Crippen molar-refractivity contribution < 1.29 is 9.21 Å². The fourth-order valence-corrected chi connectivity index (χ4v) is 3.91. The van der Waals surface area contributed by atoms with Crippen molar-refractivity contribution in [1.82, 2.24) is 4.98 Å². The molecular weight excluding hydrogens is 408 g/mol. The third-order valence-electron chi connectivity index (χ3n) is 5.51. The number of aryl methyl sites for hydroxylation is 2. The van der Waals surface area contributed by atoms with Gasteiger partial charge in [0.2, 0.25) is 5.89 Å². The number of halogens is 1. The summed E-state index contributed by atoms with van der Waals surface area (Å²) in [5.74, 6) is 0.357. The predicted octanol–water partition coefficient (Wildman–Crippen LogP) is 7.17. The first kappa shape index (κ1) is 19.3. The molecule has 4 aromatic carbocycles. The number of nitrogens with one attached hydrogen (secondary N) is 1. The Balaban J connectivity index is 1.47. The second kappa shape index (κ2) is 7.56. The molecule has 0 radical (unpaired) electrons. The topological polar surface area (TPSA) is 55.1 Å². The van der Waals surface area contributed by atoms with Gasteiger partial charge >= 0.3 is 0 Å². The van der Waals surface area contributed by atoms with Crippen molar-refractivity contribution in [3.63, 3.8) is 0 Å². The summed E-state index contributed by atoms with van der Waals surface area (Å²) < 4.78 is 5.93. The van der Waals surface area contributed by atoms with Crippen LogP contribution in [0.25, 0.3) is 33.3 Å². The average Bonchev–Trinajstić information content (AvgIpc) is 3.19. The number of fused-ring (bicyclic) bond motifs is 2. The Hall–Kier alpha value is -3.63. The van der Waals surface area contributed by atoms with Crippen molar-refractivity contribution in [2.75, 3.05) is 5.32 Å². The maximum absolute atomic E-state index is 13.0. The van der Waals surface area contributed by atoms with Gasteiger partial charge in [-0.3, -0.25) is 4.79 Å². The maximum Gasteiger partial charge on any atom is 0.256 e. The summed E-state index contributed by atoms with van der Waals surface area (Å²) in [5.41, 5.74) is 5.91. The van der Waals surface area contributed by atoms with Crippen LogP contribution in [0.2, 0.25) is 5.02 Å². The Bertz CT molecular complexity index is 1470. The van der Waals surface area contributed by atoms with E-state index in [1.54, 1.807) is 6.07 Å². The number of carbonyl (C=O) groups is 1. The van der Waals surface area contributed by atoms with E-state index in [0.717, 1.165) is 16.3 Å². The van der Waals surface area contributed by atoms with Crippen LogP contribution in [-0.4, -0.2) is 10.9 Å². The third-order valence-corrected chi connectivity index (χ3v) is 5.84. The molecule has 1 N–H and O–H groups in total. The maximum atomic E-state index is 13.0. The van der Waals surface area contributed by atoms with Crippen molar-refractivity contribution in [3.8, 4) is 11.5 Å². The highest BCUT2D eigenvalue weighted by Crippen LogP contribution is 2.29. The highest BCUT2D eigenvalue weighted by atomic mass is 35.5. The number of nitrogens with zero attached hydrogens (tertiary/aromatic N) is 1. The summed E-state index contributed by atoms with van der Waals surface area (Å²) in [7, 11) is 0. The Morgan fingerprint density at radius 1 is 0.903 bits per heavy atom. The lowest BCUT2D eigenvalue weighted by molar-refractivity contribution is 0.102. The average molecular weight is 427 g/mol. The van der Waals surface area contributed by atoms with Crippen molar-refractivity contribution in [3.05, 3.63) is 94.5 Å². The molecule has 4 nitrogen and oxygen atoms in total. The first-order chi connectivity index (χ1) is 15.0. The van der Waals surface area contributed by atoms with Gasteiger partial charge in [0.15, 0.2) is 5.58 Å². The van der Waals surface area contributed by atoms with Crippen molar-refractivity contribution in [2.45, 2.75) is 13.8 Å². The van der Waals surface area contributed by atoms with Crippen LogP contribution >= 0.6 is 11.6 Å². The molecule has 1 amide bonds. The minimum absolute atomic E-state index is 0.204. The smallest absolute Gasteiger partial charge is 0.256 e. The molecule has 0 unspecified atom stereocenters. The fraction of sp³-hybridized carbons (Fsp3) is 0.0769. The van der Waals surface area contributed by atoms with Crippen LogP contribution in [0.1, 0.15) is 21.5 Å². The quantitative estimate of drug-likeness (QED) is 0.332. The number of rotatable bonds is 3. The SMILES string of the molecule is Cc1ccc(-c2nc3cc(NC(=O)c4cccc5c(Cl)cccc45)ccc3o2)cc1C. The summed E-state index contributed by atoms with van der Waals surface area (Å²) in [6.45, 7) is 4.14. The third kappa shape index (κ3) is 3.56. The molecule has 0 saturated heterocycles. The Morgan fingerprint density at radius 3 is 2.55 bits per heavy atom. The number of amides is 1. The Morgan fingerprint density at radius 2 is 1.71 bits per heavy atom. The van der Waals surface area contributed by atoms with Crippen LogP contribution in [0, 0.1) is 13.8 Å². The monoisotopic (exact) mass is 426 g/mol. The molecule has 0 aliphatic carbocycles. The minimum Gasteiger partial charge on any atom is -0.436 e. The molecule has 5 aromatic rings. The standard InChI is InChI=1S/C26H19ClN2O2/c1-15-9-10-17(13-16(15)2)26-29-23-14-18(11-12-24(23)31-26)28-25(30)21-7-3-6-20-19(21)5-4-8-22(20)27/h3-14H,1-2H3,(H,28,30). The fourth-order valence-electron chi connectivity index (χ4n) is 3.67. The number of aromatic nitrogens is 1. The number of oxazole rings is 1. The molecule has 0 saturated carbocycles. The van der Waals surface area contributed by atoms with Crippen LogP contribution < -0.4 is 5.32 Å². The molecule has 5 heteroatoms. The van der Waals surface area contributed by atoms with Gasteiger partial charge in [0.1, 0.15) is 5.52 Å². The minimum atomic E-state index is -0.204. The van der Waals surface area contributed by atoms with E-state index in [2.05, 4.69) is 36.3 Å². The van der Waals surface area contributed by atoms with Crippen molar-refractivity contribution >= 4 is 45.1 Å². The molecule has 1 aromatic heterocycles. The van der Waals surface area contributed by atoms with E-state index >= 15 is 0 Å². The van der Waals surface area contributed by atoms with Crippen LogP contribution in [0.4, 0.5) is 5.69 Å². The molecule has 5 rings (SSSR count). The van der Waals surface area contributed by atoms with Gasteiger partial charge in [-0.1, -0.05) is 41.9 Å². The summed E-state index contributed by atoms with van der Waals surface area (Å²) in [6.07, 6.45) is 0. The van der Waals surface area contributed by atoms with Crippen molar-refractivity contribution in [1.29, 1.82) is 0 Å². The van der Waals surface area contributed by atoms with Gasteiger partial charge in [-0.15, -0.1) is 0 Å². The normalized spacial score (nSPS) is 11.2. The number of carbonyl (C=O) groups excluding carboxylic acids is 1. The van der Waals surface area contributed by atoms with Gasteiger partial charge in [0.25, 0.3) is 5.91 Å². The lowest BCUT2D eigenvalue weighted by Crippen LogP contribution is -2.12. The van der Waals surface area contributed by atoms with Crippen LogP contribution in [-0.2, 0) is 0 Å². The molecular formula is C26H19ClN2O2. The second-order valence-electron chi connectivity index (χ2n) is 7.60. The molecule has 0 bridgehead atoms. The summed E-state index contributed by atoms with van der Waals surface area (Å²) >= 11 is 6.28. The lowest BCUT2D eigenvalue weighted by Gasteiger charge is -2.09. The predicted molar refractivity (Wildman–Crippen MR) is 126 cm³/mol. The zero-order valence-electron chi connectivity index (χ0n) is 17.1. The van der Waals surface area contributed by atoms with Gasteiger partial charge in [-0.25, -0.2) is 4.98 Å². The van der Waals surface area contributed by atoms with Gasteiger partial charge in [0, 0.05) is 27.2 Å². The van der Waals surface area contributed by atoms with E-state index < -0.39 is 0 Å². The lowest BCUT2D eigenvalue weighted by atomic mass is 10.0. The van der Waals surface area contributed by atoms with Gasteiger partial charge in [-0.2, -0.15) is 0 Å². The van der Waals surface area contributed by atoms with Gasteiger partial charge in [-0.05, 0) is 72.8 Å². The first-order valence-electron chi connectivity index (χ1n) is 9.96. The van der Waals surface area contributed by atoms with E-state index in [-0.39, 0.29) is 5.91 Å². The molecule has 0 spiro atoms. The van der Waals surface area contributed by atoms with E-state index in [1.165, 1.54) is 11.1 Å². The summed E-state index contributed by atoms with van der Waals surface area (Å²) in [4.78, 5) is 17.6. The van der Waals surface area contributed by atoms with Crippen LogP contribution in [0.15, 0.2) is 77.2 Å². The number of hydrogen-bond acceptors (Lipinski definition) is 3. The summed E-state index contributed by atoms with van der Waals surface area (Å²) in [6, 6.07) is 22.7. The van der Waals surface area contributed by atoms with Gasteiger partial charge in [0.05, 0.1) is 0 Å². The Labute approximate surface area is 184 Å². The molecule has 152 valence electrons. The van der Waals surface area contributed by atoms with E-state index in [0.29, 0.717) is 33.3 Å². The molecule has 1 heterocycles. The largest absolute Gasteiger partial charge is 0.436 e. The molecule has 0 aliphatic heterocycles. The zero-order valence-corrected chi connectivity index (χ0v) is 17.8. The van der Waals surface area contributed by atoms with E-state index in [4.69, 9.17) is 16.0 Å².